The Labute approximate surface area is 141 Å². The molecule has 138 valence electrons. The molecule has 3 rings (SSSR count). The Balaban J connectivity index is 1.95. The van der Waals surface area contributed by atoms with Gasteiger partial charge in [0.25, 0.3) is 32.1 Å². The Hall–Kier alpha value is -1.77. The lowest BCUT2D eigenvalue weighted by atomic mass is 9.90. The Morgan fingerprint density at radius 1 is 1.00 bits per heavy atom. The van der Waals surface area contributed by atoms with Crippen LogP contribution in [-0.2, 0) is 43.1 Å². The molecule has 0 radical (unpaired) electrons. The number of nitroso groups, excluding NO2 is 1. The SMILES string of the molecule is CS(=O)(=O)OC1C2C(=O)C3C(=O)N(OS(C)(=O)=O)C(=O)C3C2C[N+]1=O. The van der Waals surface area contributed by atoms with Gasteiger partial charge in [0.1, 0.15) is 11.8 Å². The van der Waals surface area contributed by atoms with Crippen LogP contribution in [-0.4, -0.2) is 69.5 Å². The molecular formula is C11H13N2O10S2+. The molecule has 3 aliphatic rings. The Kier molecular flexibility index (Phi) is 3.87. The zero-order valence-electron chi connectivity index (χ0n) is 12.9. The predicted molar refractivity (Wildman–Crippen MR) is 75.0 cm³/mol. The summed E-state index contributed by atoms with van der Waals surface area (Å²) in [6.45, 7) is -0.413. The molecule has 0 spiro atoms. The zero-order valence-corrected chi connectivity index (χ0v) is 14.5. The van der Waals surface area contributed by atoms with E-state index in [1.807, 2.05) is 0 Å². The number of carbonyl (C=O) groups is 3. The second-order valence-electron chi connectivity index (χ2n) is 6.14. The molecule has 0 bridgehead atoms. The third-order valence-electron chi connectivity index (χ3n) is 4.33. The highest BCUT2D eigenvalue weighted by Gasteiger charge is 2.72. The third-order valence-corrected chi connectivity index (χ3v) is 5.30. The monoisotopic (exact) mass is 397 g/mol. The van der Waals surface area contributed by atoms with E-state index in [1.54, 1.807) is 0 Å². The lowest BCUT2D eigenvalue weighted by Crippen LogP contribution is -2.39. The van der Waals surface area contributed by atoms with Crippen molar-refractivity contribution in [1.29, 1.82) is 0 Å². The maximum Gasteiger partial charge on any atom is 0.329 e. The van der Waals surface area contributed by atoms with Crippen molar-refractivity contribution in [1.82, 2.24) is 5.06 Å². The molecule has 0 aromatic carbocycles. The summed E-state index contributed by atoms with van der Waals surface area (Å²) < 4.78 is 54.1. The standard InChI is InChI=1S/C11H13N2O10S2/c1-24(18,19)22-11-6-4(3-12(11)17)5-7(8(6)14)10(16)13(9(5)15)23-25(2,20)21/h4-7,11H,3H2,1-2H3/q+1. The van der Waals surface area contributed by atoms with E-state index in [0.29, 0.717) is 12.5 Å². The first-order valence-electron chi connectivity index (χ1n) is 6.95. The topological polar surface area (TPSA) is 161 Å². The molecular weight excluding hydrogens is 384 g/mol. The summed E-state index contributed by atoms with van der Waals surface area (Å²) in [6, 6.07) is 0. The molecule has 3 fully saturated rings. The summed E-state index contributed by atoms with van der Waals surface area (Å²) in [5.41, 5.74) is 0. The van der Waals surface area contributed by atoms with Crippen LogP contribution in [0.25, 0.3) is 0 Å². The van der Waals surface area contributed by atoms with Gasteiger partial charge in [0, 0.05) is 9.67 Å². The van der Waals surface area contributed by atoms with Crippen molar-refractivity contribution < 1.29 is 44.4 Å². The van der Waals surface area contributed by atoms with E-state index < -0.39 is 74.3 Å². The van der Waals surface area contributed by atoms with Crippen LogP contribution < -0.4 is 0 Å². The Morgan fingerprint density at radius 3 is 2.12 bits per heavy atom. The van der Waals surface area contributed by atoms with Gasteiger partial charge in [-0.05, 0) is 0 Å². The number of Topliss-reactive ketones (excluding diaryl/α,β-unsaturated/α-hetero) is 1. The van der Waals surface area contributed by atoms with E-state index in [2.05, 4.69) is 8.47 Å². The predicted octanol–water partition coefficient (Wildman–Crippen LogP) is -2.61. The lowest BCUT2D eigenvalue weighted by Gasteiger charge is -2.15. The molecule has 2 aliphatic heterocycles. The molecule has 0 aromatic rings. The molecule has 2 amide bonds. The van der Waals surface area contributed by atoms with Crippen LogP contribution in [0.15, 0.2) is 0 Å². The van der Waals surface area contributed by atoms with Gasteiger partial charge in [-0.3, -0.25) is 14.4 Å². The highest BCUT2D eigenvalue weighted by atomic mass is 32.2. The molecule has 25 heavy (non-hydrogen) atoms. The van der Waals surface area contributed by atoms with Crippen molar-refractivity contribution in [2.24, 2.45) is 23.7 Å². The van der Waals surface area contributed by atoms with Crippen LogP contribution in [0.2, 0.25) is 0 Å². The van der Waals surface area contributed by atoms with Gasteiger partial charge in [-0.1, -0.05) is 0 Å². The molecule has 14 heteroatoms. The van der Waals surface area contributed by atoms with Gasteiger partial charge >= 0.3 is 6.23 Å². The zero-order chi connectivity index (χ0) is 18.9. The highest BCUT2D eigenvalue weighted by Crippen LogP contribution is 2.50. The highest BCUT2D eigenvalue weighted by molar-refractivity contribution is 7.86. The van der Waals surface area contributed by atoms with Crippen LogP contribution in [0.5, 0.6) is 0 Å². The molecule has 12 nitrogen and oxygen atoms in total. The number of hydroxylamine groups is 2. The number of amides is 2. The summed E-state index contributed by atoms with van der Waals surface area (Å²) in [6.07, 6.45) is -0.341. The van der Waals surface area contributed by atoms with E-state index in [1.165, 1.54) is 0 Å². The minimum absolute atomic E-state index is 0.0126. The summed E-state index contributed by atoms with van der Waals surface area (Å²) in [5.74, 6) is -8.15. The second-order valence-corrected chi connectivity index (χ2v) is 9.29. The van der Waals surface area contributed by atoms with E-state index in [-0.39, 0.29) is 9.82 Å². The van der Waals surface area contributed by atoms with Crippen LogP contribution >= 0.6 is 0 Å². The molecule has 1 aliphatic carbocycles. The average Bonchev–Trinajstić information content (AvgIpc) is 2.96. The minimum Gasteiger partial charge on any atom is -0.298 e. The second kappa shape index (κ2) is 5.36. The van der Waals surface area contributed by atoms with Gasteiger partial charge in [-0.2, -0.15) is 21.0 Å². The molecule has 5 unspecified atom stereocenters. The fraction of sp³-hybridized carbons (Fsp3) is 0.727. The average molecular weight is 397 g/mol. The fourth-order valence-electron chi connectivity index (χ4n) is 3.60. The number of hydrogen-bond acceptors (Lipinski definition) is 10. The van der Waals surface area contributed by atoms with Gasteiger partial charge in [-0.15, -0.1) is 9.35 Å². The summed E-state index contributed by atoms with van der Waals surface area (Å²) in [4.78, 5) is 49.0. The molecule has 2 heterocycles. The first-order chi connectivity index (χ1) is 11.3. The van der Waals surface area contributed by atoms with Crippen molar-refractivity contribution >= 4 is 37.8 Å². The number of ketones is 1. The number of rotatable bonds is 4. The quantitative estimate of drug-likeness (QED) is 0.213. The lowest BCUT2D eigenvalue weighted by molar-refractivity contribution is -0.603. The molecule has 5 atom stereocenters. The molecule has 0 N–H and O–H groups in total. The van der Waals surface area contributed by atoms with E-state index >= 15 is 0 Å². The molecule has 0 aromatic heterocycles. The van der Waals surface area contributed by atoms with Crippen LogP contribution in [0.1, 0.15) is 0 Å². The summed E-state index contributed by atoms with van der Waals surface area (Å²) in [5, 5.41) is 0.0126. The van der Waals surface area contributed by atoms with Crippen molar-refractivity contribution in [3.05, 3.63) is 4.91 Å². The smallest absolute Gasteiger partial charge is 0.298 e. The first-order valence-corrected chi connectivity index (χ1v) is 10.6. The Morgan fingerprint density at radius 2 is 1.60 bits per heavy atom. The largest absolute Gasteiger partial charge is 0.329 e. The normalized spacial score (nSPS) is 35.4. The van der Waals surface area contributed by atoms with Crippen molar-refractivity contribution in [3.8, 4) is 0 Å². The maximum atomic E-state index is 12.5. The van der Waals surface area contributed by atoms with E-state index in [9.17, 15) is 36.1 Å². The first kappa shape index (κ1) is 18.0. The number of imide groups is 1. The summed E-state index contributed by atoms with van der Waals surface area (Å²) in [7, 11) is -8.26. The molecule has 2 saturated heterocycles. The van der Waals surface area contributed by atoms with Crippen LogP contribution in [0.4, 0.5) is 0 Å². The van der Waals surface area contributed by atoms with Gasteiger partial charge in [-0.25, -0.2) is 0 Å². The van der Waals surface area contributed by atoms with Crippen LogP contribution in [0, 0.1) is 28.6 Å². The number of fused-ring (bicyclic) bond motifs is 3. The van der Waals surface area contributed by atoms with Crippen LogP contribution in [0.3, 0.4) is 0 Å². The molecule has 1 saturated carbocycles. The van der Waals surface area contributed by atoms with E-state index in [0.717, 1.165) is 0 Å². The fourth-order valence-corrected chi connectivity index (χ4v) is 4.59. The van der Waals surface area contributed by atoms with E-state index in [4.69, 9.17) is 0 Å². The van der Waals surface area contributed by atoms with Crippen molar-refractivity contribution in [2.75, 3.05) is 19.1 Å². The number of carbonyl (C=O) groups excluding carboxylic acids is 3. The third kappa shape index (κ3) is 2.88. The van der Waals surface area contributed by atoms with Crippen molar-refractivity contribution in [2.45, 2.75) is 6.23 Å². The summed E-state index contributed by atoms with van der Waals surface area (Å²) >= 11 is 0. The Bertz CT molecular complexity index is 907. The minimum atomic E-state index is -4.19. The maximum absolute atomic E-state index is 12.5. The number of nitrogens with zero attached hydrogens (tertiary/aromatic N) is 2. The van der Waals surface area contributed by atoms with Gasteiger partial charge in [0.15, 0.2) is 12.3 Å². The van der Waals surface area contributed by atoms with Gasteiger partial charge < -0.3 is 0 Å². The van der Waals surface area contributed by atoms with Gasteiger partial charge in [0.05, 0.1) is 24.3 Å². The number of hydrogen-bond donors (Lipinski definition) is 0. The van der Waals surface area contributed by atoms with Gasteiger partial charge in [0.2, 0.25) is 0 Å². The van der Waals surface area contributed by atoms with Crippen molar-refractivity contribution in [3.63, 3.8) is 0 Å².